The second kappa shape index (κ2) is 3.99. The van der Waals surface area contributed by atoms with Crippen molar-refractivity contribution in [1.29, 1.82) is 0 Å². The number of hydrogen-bond donors (Lipinski definition) is 3. The molecule has 4 atom stereocenters. The van der Waals surface area contributed by atoms with Gasteiger partial charge in [0.2, 0.25) is 0 Å². The van der Waals surface area contributed by atoms with E-state index in [0.29, 0.717) is 0 Å². The van der Waals surface area contributed by atoms with E-state index in [1.54, 1.807) is 0 Å². The van der Waals surface area contributed by atoms with E-state index in [2.05, 4.69) is 0 Å². The third kappa shape index (κ3) is 2.25. The van der Waals surface area contributed by atoms with Gasteiger partial charge < -0.3 is 20.1 Å². The summed E-state index contributed by atoms with van der Waals surface area (Å²) in [6, 6.07) is 0. The summed E-state index contributed by atoms with van der Waals surface area (Å²) in [6.45, 7) is -0.201. The van der Waals surface area contributed by atoms with Crippen molar-refractivity contribution in [2.45, 2.75) is 28.8 Å². The fourth-order valence-corrected chi connectivity index (χ4v) is 1.69. The minimum atomic E-state index is -0.749. The van der Waals surface area contributed by atoms with Gasteiger partial charge >= 0.3 is 0 Å². The van der Waals surface area contributed by atoms with Crippen molar-refractivity contribution < 1.29 is 20.1 Å². The van der Waals surface area contributed by atoms with E-state index in [1.807, 2.05) is 22.6 Å². The molecule has 11 heavy (non-hydrogen) atoms. The van der Waals surface area contributed by atoms with Gasteiger partial charge in [0.1, 0.15) is 10.2 Å². The van der Waals surface area contributed by atoms with Gasteiger partial charge in [-0.3, -0.25) is 0 Å². The zero-order valence-electron chi connectivity index (χ0n) is 5.85. The summed E-state index contributed by atoms with van der Waals surface area (Å²) in [5.41, 5.74) is 0. The third-order valence-electron chi connectivity index (χ3n) is 1.70. The lowest BCUT2D eigenvalue weighted by Gasteiger charge is -2.33. The summed E-state index contributed by atoms with van der Waals surface area (Å²) in [4.78, 5) is 0. The Bertz CT molecular complexity index is 132. The Hall–Kier alpha value is 0.570. The smallest absolute Gasteiger partial charge is 0.135 e. The fourth-order valence-electron chi connectivity index (χ4n) is 1.02. The highest BCUT2D eigenvalue weighted by Crippen LogP contribution is 2.23. The lowest BCUT2D eigenvalue weighted by atomic mass is 10.0. The molecule has 0 spiro atoms. The molecule has 0 aromatic carbocycles. The number of alkyl halides is 1. The Labute approximate surface area is 78.3 Å². The molecule has 0 radical (unpaired) electrons. The molecule has 3 N–H and O–H groups in total. The van der Waals surface area contributed by atoms with Gasteiger partial charge in [-0.1, -0.05) is 0 Å². The quantitative estimate of drug-likeness (QED) is 0.435. The Morgan fingerprint density at radius 3 is 2.55 bits per heavy atom. The van der Waals surface area contributed by atoms with Crippen molar-refractivity contribution in [3.63, 3.8) is 0 Å². The number of ether oxygens (including phenoxy) is 1. The van der Waals surface area contributed by atoms with Crippen molar-refractivity contribution in [1.82, 2.24) is 0 Å². The first-order valence-corrected chi connectivity index (χ1v) is 4.66. The van der Waals surface area contributed by atoms with E-state index >= 15 is 0 Å². The maximum Gasteiger partial charge on any atom is 0.135 e. The molecular weight excluding hydrogens is 263 g/mol. The van der Waals surface area contributed by atoms with Gasteiger partial charge in [-0.15, -0.1) is 0 Å². The average molecular weight is 274 g/mol. The number of aliphatic hydroxyl groups is 3. The minimum Gasteiger partial charge on any atom is -0.394 e. The summed E-state index contributed by atoms with van der Waals surface area (Å²) < 4.78 is 4.77. The highest BCUT2D eigenvalue weighted by Gasteiger charge is 2.34. The van der Waals surface area contributed by atoms with Crippen molar-refractivity contribution >= 4 is 22.6 Å². The van der Waals surface area contributed by atoms with E-state index in [4.69, 9.17) is 9.84 Å². The van der Waals surface area contributed by atoms with Crippen LogP contribution in [0.2, 0.25) is 0 Å². The molecular formula is C6H11IO4. The number of hydrogen-bond acceptors (Lipinski definition) is 4. The summed E-state index contributed by atoms with van der Waals surface area (Å²) in [5.74, 6) is 0. The van der Waals surface area contributed by atoms with E-state index in [9.17, 15) is 10.2 Å². The second-order valence-corrected chi connectivity index (χ2v) is 3.81. The van der Waals surface area contributed by atoms with E-state index in [-0.39, 0.29) is 17.1 Å². The highest BCUT2D eigenvalue weighted by atomic mass is 127. The first-order valence-electron chi connectivity index (χ1n) is 3.41. The van der Waals surface area contributed by atoms with Gasteiger partial charge in [-0.25, -0.2) is 0 Å². The van der Waals surface area contributed by atoms with Crippen LogP contribution in [0.5, 0.6) is 0 Å². The summed E-state index contributed by atoms with van der Waals surface area (Å²) in [6.07, 6.45) is -1.64. The van der Waals surface area contributed by atoms with Crippen LogP contribution in [0.15, 0.2) is 0 Å². The van der Waals surface area contributed by atoms with E-state index < -0.39 is 18.3 Å². The van der Waals surface area contributed by atoms with Gasteiger partial charge in [0.05, 0.1) is 18.8 Å². The van der Waals surface area contributed by atoms with E-state index in [1.165, 1.54) is 0 Å². The predicted octanol–water partition coefficient (Wildman–Crippen LogP) is -0.750. The lowest BCUT2D eigenvalue weighted by molar-refractivity contribution is -0.144. The zero-order chi connectivity index (χ0) is 8.43. The van der Waals surface area contributed by atoms with Crippen LogP contribution in [0, 0.1) is 0 Å². The highest BCUT2D eigenvalue weighted by molar-refractivity contribution is 14.1. The number of rotatable bonds is 1. The van der Waals surface area contributed by atoms with E-state index in [0.717, 1.165) is 0 Å². The zero-order valence-corrected chi connectivity index (χ0v) is 8.01. The van der Waals surface area contributed by atoms with Crippen LogP contribution in [0.25, 0.3) is 0 Å². The molecule has 1 saturated heterocycles. The Morgan fingerprint density at radius 2 is 2.00 bits per heavy atom. The van der Waals surface area contributed by atoms with Crippen LogP contribution >= 0.6 is 22.6 Å². The summed E-state index contributed by atoms with van der Waals surface area (Å²) in [7, 11) is 0. The average Bonchev–Trinajstić information content (AvgIpc) is 1.97. The van der Waals surface area contributed by atoms with Gasteiger partial charge in [0, 0.05) is 6.42 Å². The maximum absolute atomic E-state index is 9.21. The molecule has 0 bridgehead atoms. The van der Waals surface area contributed by atoms with Crippen LogP contribution < -0.4 is 0 Å². The topological polar surface area (TPSA) is 69.9 Å². The first-order chi connectivity index (χ1) is 5.15. The van der Waals surface area contributed by atoms with Crippen molar-refractivity contribution in [2.75, 3.05) is 6.61 Å². The molecule has 0 aromatic rings. The van der Waals surface area contributed by atoms with Crippen LogP contribution in [-0.2, 0) is 4.74 Å². The molecule has 2 unspecified atom stereocenters. The fraction of sp³-hybridized carbons (Fsp3) is 1.00. The van der Waals surface area contributed by atoms with Crippen molar-refractivity contribution in [2.24, 2.45) is 0 Å². The van der Waals surface area contributed by atoms with Gasteiger partial charge in [-0.05, 0) is 22.6 Å². The first kappa shape index (κ1) is 9.66. The van der Waals surface area contributed by atoms with Crippen LogP contribution in [0.1, 0.15) is 6.42 Å². The predicted molar refractivity (Wildman–Crippen MR) is 46.4 cm³/mol. The van der Waals surface area contributed by atoms with Gasteiger partial charge in [-0.2, -0.15) is 0 Å². The van der Waals surface area contributed by atoms with Crippen LogP contribution in [0.4, 0.5) is 0 Å². The largest absolute Gasteiger partial charge is 0.394 e. The molecule has 5 heteroatoms. The Balaban J connectivity index is 2.48. The van der Waals surface area contributed by atoms with Crippen molar-refractivity contribution in [3.8, 4) is 0 Å². The molecule has 0 aromatic heterocycles. The molecule has 66 valence electrons. The lowest BCUT2D eigenvalue weighted by Crippen LogP contribution is -2.46. The Kier molecular flexibility index (Phi) is 3.51. The van der Waals surface area contributed by atoms with Crippen LogP contribution in [-0.4, -0.2) is 44.3 Å². The maximum atomic E-state index is 9.21. The standard InChI is InChI=1S/C6H11IO4/c7-6-4(10)1-3(9)5(2-8)11-6/h3-6,8-10H,1-2H2/t3-,4?,5?,6+/m0/s1. The molecule has 1 heterocycles. The number of halogens is 1. The molecule has 0 aliphatic carbocycles. The molecule has 0 amide bonds. The van der Waals surface area contributed by atoms with Gasteiger partial charge in [0.15, 0.2) is 0 Å². The Morgan fingerprint density at radius 1 is 1.36 bits per heavy atom. The third-order valence-corrected chi connectivity index (χ3v) is 2.82. The molecule has 0 saturated carbocycles. The van der Waals surface area contributed by atoms with Crippen LogP contribution in [0.3, 0.4) is 0 Å². The number of aliphatic hydroxyl groups excluding tert-OH is 3. The summed E-state index contributed by atoms with van der Waals surface area (Å²) >= 11 is 1.94. The molecule has 1 aliphatic rings. The minimum absolute atomic E-state index is 0.201. The SMILES string of the molecule is OCC1O[C@@H](I)C(O)C[C@@H]1O. The molecule has 1 aliphatic heterocycles. The molecule has 1 rings (SSSR count). The normalized spacial score (nSPS) is 45.8. The second-order valence-electron chi connectivity index (χ2n) is 2.58. The monoisotopic (exact) mass is 274 g/mol. The molecule has 4 nitrogen and oxygen atoms in total. The molecule has 1 fully saturated rings. The van der Waals surface area contributed by atoms with Crippen molar-refractivity contribution in [3.05, 3.63) is 0 Å². The summed E-state index contributed by atoms with van der Waals surface area (Å²) in [5, 5.41) is 27.1. The van der Waals surface area contributed by atoms with Gasteiger partial charge in [0.25, 0.3) is 0 Å².